The summed E-state index contributed by atoms with van der Waals surface area (Å²) in [5.41, 5.74) is 6.22. The zero-order valence-corrected chi connectivity index (χ0v) is 32.0. The van der Waals surface area contributed by atoms with E-state index in [0.717, 1.165) is 113 Å². The molecule has 0 radical (unpaired) electrons. The first-order valence-corrected chi connectivity index (χ1v) is 20.1. The van der Waals surface area contributed by atoms with E-state index in [0.29, 0.717) is 0 Å². The van der Waals surface area contributed by atoms with Gasteiger partial charge in [-0.2, -0.15) is 0 Å². The number of hydrogen-bond donors (Lipinski definition) is 0. The number of morpholine rings is 2. The topological polar surface area (TPSA) is 65.6 Å². The number of amides is 2. The Hall–Kier alpha value is -3.76. The van der Waals surface area contributed by atoms with E-state index in [1.54, 1.807) is 0 Å². The lowest BCUT2D eigenvalue weighted by molar-refractivity contribution is -0.121. The van der Waals surface area contributed by atoms with E-state index in [9.17, 15) is 9.59 Å². The summed E-state index contributed by atoms with van der Waals surface area (Å²) in [5.74, 6) is 1.02. The third-order valence-corrected chi connectivity index (χ3v) is 13.1. The van der Waals surface area contributed by atoms with Crippen LogP contribution in [0.25, 0.3) is 0 Å². The summed E-state index contributed by atoms with van der Waals surface area (Å²) >= 11 is 12.1. The Morgan fingerprint density at radius 3 is 1.28 bits per heavy atom. The molecule has 10 heteroatoms. The highest BCUT2D eigenvalue weighted by Gasteiger charge is 2.68. The maximum atomic E-state index is 13.5. The van der Waals surface area contributed by atoms with Crippen LogP contribution in [0, 0.1) is 0 Å². The number of benzene rings is 4. The summed E-state index contributed by atoms with van der Waals surface area (Å²) in [7, 11) is 0. The van der Waals surface area contributed by atoms with Gasteiger partial charge in [0, 0.05) is 85.6 Å². The first kappa shape index (κ1) is 35.9. The molecule has 4 atom stereocenters. The second-order valence-electron chi connectivity index (χ2n) is 15.4. The molecule has 0 aromatic heterocycles. The van der Waals surface area contributed by atoms with Crippen LogP contribution < -0.4 is 9.80 Å². The number of ether oxygens (including phenoxy) is 2. The Morgan fingerprint density at radius 2 is 0.889 bits per heavy atom. The fourth-order valence-corrected chi connectivity index (χ4v) is 9.72. The molecule has 280 valence electrons. The predicted octanol–water partition coefficient (Wildman–Crippen LogP) is 6.89. The second-order valence-corrected chi connectivity index (χ2v) is 16.3. The molecule has 54 heavy (non-hydrogen) atoms. The Labute approximate surface area is 327 Å². The molecule has 2 saturated carbocycles. The molecular weight excluding hydrogens is 719 g/mol. The van der Waals surface area contributed by atoms with Crippen LogP contribution in [0.5, 0.6) is 0 Å². The monoisotopic (exact) mass is 764 g/mol. The maximum Gasteiger partial charge on any atom is 0.238 e. The molecule has 2 aliphatic carbocycles. The fourth-order valence-electron chi connectivity index (χ4n) is 9.47. The fraction of sp³-hybridized carbons (Fsp3) is 0.409. The van der Waals surface area contributed by atoms with Crippen LogP contribution in [-0.4, -0.2) is 100 Å². The molecule has 4 aromatic carbocycles. The normalized spacial score (nSPS) is 27.2. The van der Waals surface area contributed by atoms with Gasteiger partial charge in [0.2, 0.25) is 11.8 Å². The van der Waals surface area contributed by atoms with Gasteiger partial charge >= 0.3 is 0 Å². The highest BCUT2D eigenvalue weighted by atomic mass is 35.5. The average Bonchev–Trinajstić information content (AvgIpc) is 4.12. The third-order valence-electron chi connectivity index (χ3n) is 12.6. The molecule has 4 aromatic rings. The number of anilines is 2. The van der Waals surface area contributed by atoms with E-state index >= 15 is 0 Å². The molecule has 4 heterocycles. The van der Waals surface area contributed by atoms with Crippen LogP contribution >= 0.6 is 23.2 Å². The summed E-state index contributed by atoms with van der Waals surface area (Å²) in [6, 6.07) is 32.6. The van der Waals surface area contributed by atoms with Crippen molar-refractivity contribution in [1.82, 2.24) is 9.80 Å². The molecule has 4 fully saturated rings. The Morgan fingerprint density at radius 1 is 0.519 bits per heavy atom. The van der Waals surface area contributed by atoms with Gasteiger partial charge in [0.25, 0.3) is 0 Å². The van der Waals surface area contributed by atoms with Gasteiger partial charge in [-0.15, -0.1) is 0 Å². The van der Waals surface area contributed by atoms with E-state index in [1.807, 2.05) is 46.2 Å². The van der Waals surface area contributed by atoms with Crippen molar-refractivity contribution in [2.24, 2.45) is 0 Å². The smallest absolute Gasteiger partial charge is 0.238 e. The van der Waals surface area contributed by atoms with E-state index in [1.165, 1.54) is 22.3 Å². The molecule has 2 saturated heterocycles. The predicted molar refractivity (Wildman–Crippen MR) is 213 cm³/mol. The number of nitrogens with zero attached hydrogens (tertiary/aromatic N) is 4. The number of rotatable bonds is 8. The molecular formula is C44H46Cl2N4O4. The van der Waals surface area contributed by atoms with Crippen LogP contribution in [0.2, 0.25) is 10.0 Å². The van der Waals surface area contributed by atoms with Crippen LogP contribution in [0.1, 0.15) is 46.9 Å². The first-order valence-electron chi connectivity index (χ1n) is 19.3. The lowest BCUT2D eigenvalue weighted by Crippen LogP contribution is -2.43. The summed E-state index contributed by atoms with van der Waals surface area (Å²) in [4.78, 5) is 35.8. The van der Waals surface area contributed by atoms with Crippen molar-refractivity contribution in [3.63, 3.8) is 0 Å². The quantitative estimate of drug-likeness (QED) is 0.195. The minimum atomic E-state index is -0.380. The third kappa shape index (κ3) is 6.35. The molecule has 4 aliphatic heterocycles. The zero-order chi connectivity index (χ0) is 36.9. The van der Waals surface area contributed by atoms with Gasteiger partial charge in [-0.25, -0.2) is 0 Å². The van der Waals surface area contributed by atoms with Crippen LogP contribution in [0.15, 0.2) is 97.1 Å². The summed E-state index contributed by atoms with van der Waals surface area (Å²) in [6.45, 7) is 10.2. The SMILES string of the molecule is O=C1N(CCN2CCOCC2)c2ccccc2[C@@]12C[C@@H]2c1ccc(Cl)cc1.O=C1N(CCN2CCOCC2)c2ccccc2[C@]12C[C@H]2c1ccc(Cl)cc1. The number of fused-ring (bicyclic) bond motifs is 4. The lowest BCUT2D eigenvalue weighted by atomic mass is 9.92. The van der Waals surface area contributed by atoms with Crippen LogP contribution in [0.4, 0.5) is 11.4 Å². The molecule has 6 aliphatic rings. The second kappa shape index (κ2) is 14.7. The van der Waals surface area contributed by atoms with Crippen molar-refractivity contribution in [2.75, 3.05) is 88.6 Å². The van der Waals surface area contributed by atoms with E-state index in [-0.39, 0.29) is 34.5 Å². The molecule has 2 amide bonds. The molecule has 8 nitrogen and oxygen atoms in total. The summed E-state index contributed by atoms with van der Waals surface area (Å²) in [5, 5.41) is 1.47. The highest BCUT2D eigenvalue weighted by Crippen LogP contribution is 2.67. The van der Waals surface area contributed by atoms with Gasteiger partial charge in [-0.05, 0) is 71.5 Å². The van der Waals surface area contributed by atoms with Crippen molar-refractivity contribution in [3.8, 4) is 0 Å². The Balaban J connectivity index is 0.000000142. The standard InChI is InChI=1S/2C22H23ClN2O2/c2*23-17-7-5-16(6-8-17)19-15-22(19)18-3-1-2-4-20(18)25(21(22)26)10-9-24-11-13-27-14-12-24/h2*1-8,19H,9-15H2/t2*19-,22-/m10/s1. The van der Waals surface area contributed by atoms with Gasteiger partial charge in [-0.3, -0.25) is 19.4 Å². The van der Waals surface area contributed by atoms with E-state index in [4.69, 9.17) is 32.7 Å². The molecule has 0 unspecified atom stereocenters. The zero-order valence-electron chi connectivity index (χ0n) is 30.5. The lowest BCUT2D eigenvalue weighted by Gasteiger charge is -2.29. The van der Waals surface area contributed by atoms with Crippen molar-refractivity contribution >= 4 is 46.4 Å². The Kier molecular flexibility index (Phi) is 9.79. The van der Waals surface area contributed by atoms with Crippen molar-refractivity contribution in [3.05, 3.63) is 129 Å². The number of carbonyl (C=O) groups excluding carboxylic acids is 2. The van der Waals surface area contributed by atoms with Gasteiger partial charge in [0.1, 0.15) is 0 Å². The molecule has 10 rings (SSSR count). The van der Waals surface area contributed by atoms with Gasteiger partial charge < -0.3 is 19.3 Å². The van der Waals surface area contributed by atoms with Gasteiger partial charge in [-0.1, -0.05) is 83.9 Å². The van der Waals surface area contributed by atoms with E-state index in [2.05, 4.69) is 70.5 Å². The Bertz CT molecular complexity index is 1870. The molecule has 2 spiro atoms. The number of para-hydroxylation sites is 2. The minimum Gasteiger partial charge on any atom is -0.379 e. The molecule has 0 N–H and O–H groups in total. The van der Waals surface area contributed by atoms with Crippen molar-refractivity contribution in [2.45, 2.75) is 35.5 Å². The van der Waals surface area contributed by atoms with Gasteiger partial charge in [0.15, 0.2) is 0 Å². The van der Waals surface area contributed by atoms with Crippen LogP contribution in [-0.2, 0) is 29.9 Å². The van der Waals surface area contributed by atoms with Crippen molar-refractivity contribution in [1.29, 1.82) is 0 Å². The molecule has 0 bridgehead atoms. The first-order chi connectivity index (χ1) is 26.4. The summed E-state index contributed by atoms with van der Waals surface area (Å²) < 4.78 is 10.9. The maximum absolute atomic E-state index is 13.5. The average molecular weight is 766 g/mol. The minimum absolute atomic E-state index is 0.247. The van der Waals surface area contributed by atoms with Gasteiger partial charge in [0.05, 0.1) is 37.3 Å². The summed E-state index contributed by atoms with van der Waals surface area (Å²) in [6.07, 6.45) is 1.77. The largest absolute Gasteiger partial charge is 0.379 e. The highest BCUT2D eigenvalue weighted by molar-refractivity contribution is 6.30. The number of carbonyl (C=O) groups is 2. The number of halogens is 2. The van der Waals surface area contributed by atoms with Crippen molar-refractivity contribution < 1.29 is 19.1 Å². The van der Waals surface area contributed by atoms with Crippen LogP contribution in [0.3, 0.4) is 0 Å². The number of hydrogen-bond acceptors (Lipinski definition) is 6. The van der Waals surface area contributed by atoms with E-state index < -0.39 is 0 Å².